The molecular formula is C21H18F3N5O2. The highest BCUT2D eigenvalue weighted by molar-refractivity contribution is 5.87. The van der Waals surface area contributed by atoms with Crippen molar-refractivity contribution in [2.75, 3.05) is 0 Å². The molecule has 0 radical (unpaired) electrons. The average molecular weight is 429 g/mol. The molecule has 2 aromatic carbocycles. The van der Waals surface area contributed by atoms with Crippen molar-refractivity contribution in [1.29, 1.82) is 0 Å². The lowest BCUT2D eigenvalue weighted by atomic mass is 9.97. The van der Waals surface area contributed by atoms with Crippen molar-refractivity contribution in [3.63, 3.8) is 0 Å². The van der Waals surface area contributed by atoms with Crippen LogP contribution in [0, 0.1) is 5.92 Å². The Labute approximate surface area is 173 Å². The summed E-state index contributed by atoms with van der Waals surface area (Å²) in [6.45, 7) is 0.757. The number of nitrogens with zero attached hydrogens (tertiary/aromatic N) is 4. The summed E-state index contributed by atoms with van der Waals surface area (Å²) < 4.78 is 44.9. The highest BCUT2D eigenvalue weighted by atomic mass is 19.4. The van der Waals surface area contributed by atoms with Gasteiger partial charge in [0, 0.05) is 6.54 Å². The molecule has 4 aromatic rings. The molecule has 0 unspecified atom stereocenters. The third kappa shape index (κ3) is 3.69. The van der Waals surface area contributed by atoms with Gasteiger partial charge in [-0.25, -0.2) is 9.48 Å². The fourth-order valence-corrected chi connectivity index (χ4v) is 3.77. The van der Waals surface area contributed by atoms with Gasteiger partial charge in [-0.3, -0.25) is 9.55 Å². The fourth-order valence-electron chi connectivity index (χ4n) is 3.77. The third-order valence-corrected chi connectivity index (χ3v) is 5.49. The number of hydrogen-bond acceptors (Lipinski definition) is 4. The van der Waals surface area contributed by atoms with Crippen LogP contribution in [0.1, 0.15) is 24.0 Å². The second-order valence-electron chi connectivity index (χ2n) is 7.84. The third-order valence-electron chi connectivity index (χ3n) is 5.49. The lowest BCUT2D eigenvalue weighted by Gasteiger charge is -2.14. The number of fused-ring (bicyclic) bond motifs is 1. The molecule has 0 saturated heterocycles. The van der Waals surface area contributed by atoms with Gasteiger partial charge in [-0.05, 0) is 41.5 Å². The smallest absolute Gasteiger partial charge is 0.419 e. The first-order valence-corrected chi connectivity index (χ1v) is 9.81. The van der Waals surface area contributed by atoms with Gasteiger partial charge in [-0.2, -0.15) is 13.2 Å². The van der Waals surface area contributed by atoms with Crippen LogP contribution >= 0.6 is 0 Å². The van der Waals surface area contributed by atoms with Gasteiger partial charge < -0.3 is 5.11 Å². The van der Waals surface area contributed by atoms with Crippen LogP contribution in [0.2, 0.25) is 0 Å². The number of nitrogens with one attached hydrogen (secondary N) is 1. The van der Waals surface area contributed by atoms with Crippen molar-refractivity contribution in [2.24, 2.45) is 5.92 Å². The van der Waals surface area contributed by atoms with Crippen molar-refractivity contribution < 1.29 is 18.3 Å². The van der Waals surface area contributed by atoms with Crippen LogP contribution in [0.15, 0.2) is 47.4 Å². The zero-order valence-electron chi connectivity index (χ0n) is 16.2. The average Bonchev–Trinajstić information content (AvgIpc) is 3.36. The molecule has 0 bridgehead atoms. The molecule has 7 nitrogen and oxygen atoms in total. The number of alkyl halides is 3. The molecular weight excluding hydrogens is 411 g/mol. The van der Waals surface area contributed by atoms with Crippen molar-refractivity contribution in [2.45, 2.75) is 32.1 Å². The Morgan fingerprint density at radius 1 is 1.13 bits per heavy atom. The standard InChI is InChI=1S/C21H18F3N5O2/c22-21(23,24)18-15(7-8-16-19(18)26-27-29(16)10-13-1-2-13)14-5-3-12(4-6-14)9-28-11-17(30)25-20(28)31/h3-8,11,13,30H,1-2,9-10H2,(H,25,31). The van der Waals surface area contributed by atoms with Gasteiger partial charge in [0.25, 0.3) is 0 Å². The molecule has 0 aliphatic heterocycles. The van der Waals surface area contributed by atoms with Gasteiger partial charge in [0.1, 0.15) is 5.52 Å². The number of H-pyrrole nitrogens is 1. The Hall–Kier alpha value is -3.56. The van der Waals surface area contributed by atoms with Crippen LogP contribution in [-0.4, -0.2) is 29.7 Å². The Balaban J connectivity index is 1.53. The molecule has 1 aliphatic carbocycles. The predicted octanol–water partition coefficient (Wildman–Crippen LogP) is 3.77. The summed E-state index contributed by atoms with van der Waals surface area (Å²) in [7, 11) is 0. The maximum atomic E-state index is 14.0. The van der Waals surface area contributed by atoms with Crippen LogP contribution in [0.5, 0.6) is 5.88 Å². The number of halogens is 3. The van der Waals surface area contributed by atoms with E-state index in [4.69, 9.17) is 0 Å². The van der Waals surface area contributed by atoms with Crippen LogP contribution < -0.4 is 5.69 Å². The SMILES string of the molecule is O=c1[nH]c(O)cn1Cc1ccc(-c2ccc3c(nnn3CC3CC3)c2C(F)(F)F)cc1. The summed E-state index contributed by atoms with van der Waals surface area (Å²) in [6.07, 6.45) is -1.21. The molecule has 2 aromatic heterocycles. The van der Waals surface area contributed by atoms with Crippen molar-refractivity contribution in [1.82, 2.24) is 24.5 Å². The summed E-state index contributed by atoms with van der Waals surface area (Å²) in [5, 5.41) is 17.2. The Morgan fingerprint density at radius 3 is 2.48 bits per heavy atom. The van der Waals surface area contributed by atoms with Crippen LogP contribution in [0.25, 0.3) is 22.2 Å². The van der Waals surface area contributed by atoms with E-state index in [2.05, 4.69) is 15.3 Å². The van der Waals surface area contributed by atoms with E-state index in [0.29, 0.717) is 29.1 Å². The van der Waals surface area contributed by atoms with Crippen molar-refractivity contribution >= 4 is 11.0 Å². The molecule has 160 valence electrons. The summed E-state index contributed by atoms with van der Waals surface area (Å²) >= 11 is 0. The van der Waals surface area contributed by atoms with Crippen LogP contribution in [0.4, 0.5) is 13.2 Å². The zero-order chi connectivity index (χ0) is 21.8. The molecule has 1 fully saturated rings. The highest BCUT2D eigenvalue weighted by Gasteiger charge is 2.38. The van der Waals surface area contributed by atoms with E-state index in [0.717, 1.165) is 12.8 Å². The minimum absolute atomic E-state index is 0.0291. The zero-order valence-corrected chi connectivity index (χ0v) is 16.2. The van der Waals surface area contributed by atoms with E-state index in [9.17, 15) is 23.1 Å². The predicted molar refractivity (Wildman–Crippen MR) is 107 cm³/mol. The van der Waals surface area contributed by atoms with E-state index >= 15 is 0 Å². The quantitative estimate of drug-likeness (QED) is 0.506. The Morgan fingerprint density at radius 2 is 1.87 bits per heavy atom. The molecule has 0 spiro atoms. The molecule has 31 heavy (non-hydrogen) atoms. The van der Waals surface area contributed by atoms with Gasteiger partial charge in [0.05, 0.1) is 23.8 Å². The van der Waals surface area contributed by atoms with Crippen molar-refractivity contribution in [3.8, 4) is 17.0 Å². The van der Waals surface area contributed by atoms with Crippen LogP contribution in [0.3, 0.4) is 0 Å². The Kier molecular flexibility index (Phi) is 4.38. The maximum absolute atomic E-state index is 14.0. The lowest BCUT2D eigenvalue weighted by Crippen LogP contribution is -2.16. The van der Waals surface area contributed by atoms with Gasteiger partial charge >= 0.3 is 11.9 Å². The van der Waals surface area contributed by atoms with E-state index < -0.39 is 17.4 Å². The van der Waals surface area contributed by atoms with Crippen molar-refractivity contribution in [3.05, 3.63) is 64.2 Å². The number of aromatic amines is 1. The van der Waals surface area contributed by atoms with E-state index in [1.54, 1.807) is 35.0 Å². The minimum atomic E-state index is -4.59. The normalized spacial score (nSPS) is 14.4. The molecule has 1 saturated carbocycles. The largest absolute Gasteiger partial charge is 0.493 e. The molecule has 1 aliphatic rings. The van der Waals surface area contributed by atoms with Gasteiger partial charge in [-0.1, -0.05) is 35.5 Å². The maximum Gasteiger partial charge on any atom is 0.419 e. The summed E-state index contributed by atoms with van der Waals surface area (Å²) in [6, 6.07) is 9.57. The second kappa shape index (κ2) is 7.00. The second-order valence-corrected chi connectivity index (χ2v) is 7.84. The van der Waals surface area contributed by atoms with Gasteiger partial charge in [-0.15, -0.1) is 5.10 Å². The molecule has 0 atom stereocenters. The molecule has 0 amide bonds. The number of imidazole rings is 1. The first-order chi connectivity index (χ1) is 14.8. The number of rotatable bonds is 5. The van der Waals surface area contributed by atoms with E-state index in [1.807, 2.05) is 0 Å². The van der Waals surface area contributed by atoms with E-state index in [1.165, 1.54) is 16.8 Å². The van der Waals surface area contributed by atoms with Gasteiger partial charge in [0.15, 0.2) is 0 Å². The number of aromatic hydroxyl groups is 1. The fraction of sp³-hybridized carbons (Fsp3) is 0.286. The minimum Gasteiger partial charge on any atom is -0.493 e. The van der Waals surface area contributed by atoms with Gasteiger partial charge in [0.2, 0.25) is 5.88 Å². The monoisotopic (exact) mass is 429 g/mol. The first-order valence-electron chi connectivity index (χ1n) is 9.81. The highest BCUT2D eigenvalue weighted by Crippen LogP contribution is 2.41. The number of benzene rings is 2. The summed E-state index contributed by atoms with van der Waals surface area (Å²) in [4.78, 5) is 13.9. The number of aromatic nitrogens is 5. The Bertz CT molecular complexity index is 1310. The molecule has 2 N–H and O–H groups in total. The molecule has 5 rings (SSSR count). The topological polar surface area (TPSA) is 88.7 Å². The summed E-state index contributed by atoms with van der Waals surface area (Å²) in [5.74, 6) is 0.209. The summed E-state index contributed by atoms with van der Waals surface area (Å²) in [5.41, 5.74) is 0.0814. The molecule has 10 heteroatoms. The van der Waals surface area contributed by atoms with Crippen LogP contribution in [-0.2, 0) is 19.3 Å². The lowest BCUT2D eigenvalue weighted by molar-refractivity contribution is -0.135. The molecule has 2 heterocycles. The number of hydrogen-bond donors (Lipinski definition) is 2. The van der Waals surface area contributed by atoms with E-state index in [-0.39, 0.29) is 23.5 Å². The first kappa shape index (κ1) is 19.4.